The lowest BCUT2D eigenvalue weighted by Crippen LogP contribution is -2.46. The monoisotopic (exact) mass is 463 g/mol. The highest BCUT2D eigenvalue weighted by Crippen LogP contribution is 2.32. The Hall–Kier alpha value is -1.97. The van der Waals surface area contributed by atoms with Crippen molar-refractivity contribution in [1.82, 2.24) is 4.72 Å². The maximum absolute atomic E-state index is 14.0. The summed E-state index contributed by atoms with van der Waals surface area (Å²) in [4.78, 5) is 0.0952. The smallest absolute Gasteiger partial charge is 0.246 e. The molecule has 164 valence electrons. The van der Waals surface area contributed by atoms with E-state index in [1.54, 1.807) is 18.8 Å². The first kappa shape index (κ1) is 25.1. The van der Waals surface area contributed by atoms with Gasteiger partial charge in [-0.3, -0.25) is 0 Å². The Morgan fingerprint density at radius 3 is 2.00 bits per heavy atom. The predicted molar refractivity (Wildman–Crippen MR) is 91.3 cm³/mol. The van der Waals surface area contributed by atoms with Crippen LogP contribution >= 0.6 is 0 Å². The highest BCUT2D eigenvalue weighted by Gasteiger charge is 2.33. The molecule has 0 saturated heterocycles. The van der Waals surface area contributed by atoms with Gasteiger partial charge in [0.1, 0.15) is 5.69 Å². The van der Waals surface area contributed by atoms with Crippen LogP contribution in [0.15, 0.2) is 10.0 Å². The summed E-state index contributed by atoms with van der Waals surface area (Å²) in [7, 11) is -6.30. The number of benzene rings is 1. The molecule has 0 atom stereocenters. The lowest BCUT2D eigenvalue weighted by atomic mass is 10.2. The van der Waals surface area contributed by atoms with Crippen molar-refractivity contribution in [1.29, 1.82) is 0 Å². The molecule has 1 aromatic carbocycles. The van der Waals surface area contributed by atoms with Gasteiger partial charge < -0.3 is 9.04 Å². The van der Waals surface area contributed by atoms with E-state index >= 15 is 0 Å². The molecular weight excluding hydrogens is 446 g/mol. The molecule has 29 heavy (non-hydrogen) atoms. The summed E-state index contributed by atoms with van der Waals surface area (Å²) >= 11 is 0. The van der Waals surface area contributed by atoms with Crippen molar-refractivity contribution in [3.8, 4) is 0 Å². The Kier molecular flexibility index (Phi) is 7.98. The predicted octanol–water partition coefficient (Wildman–Crippen LogP) is 1.47. The first-order valence-corrected chi connectivity index (χ1v) is 10.9. The van der Waals surface area contributed by atoms with Gasteiger partial charge in [-0.1, -0.05) is 5.11 Å². The largest absolute Gasteiger partial charge is 0.748 e. The summed E-state index contributed by atoms with van der Waals surface area (Å²) in [5.41, 5.74) is 6.53. The van der Waals surface area contributed by atoms with Crippen LogP contribution in [0.5, 0.6) is 0 Å². The van der Waals surface area contributed by atoms with Crippen LogP contribution < -0.4 is 4.72 Å². The van der Waals surface area contributed by atoms with Crippen LogP contribution in [0.1, 0.15) is 6.42 Å². The van der Waals surface area contributed by atoms with Gasteiger partial charge in [0.05, 0.1) is 43.8 Å². The Labute approximate surface area is 164 Å². The van der Waals surface area contributed by atoms with Gasteiger partial charge in [0.25, 0.3) is 0 Å². The summed E-state index contributed by atoms with van der Waals surface area (Å²) in [6.07, 6.45) is -0.00780. The Balaban J connectivity index is 2.98. The normalized spacial score (nSPS) is 12.7. The summed E-state index contributed by atoms with van der Waals surface area (Å²) in [6.45, 7) is -0.279. The third-order valence-corrected chi connectivity index (χ3v) is 6.05. The first-order chi connectivity index (χ1) is 13.1. The van der Waals surface area contributed by atoms with Gasteiger partial charge in [-0.15, -0.1) is 0 Å². The van der Waals surface area contributed by atoms with E-state index in [1.165, 1.54) is 0 Å². The molecule has 10 nitrogen and oxygen atoms in total. The van der Waals surface area contributed by atoms with Gasteiger partial charge >= 0.3 is 0 Å². The Morgan fingerprint density at radius 2 is 1.55 bits per heavy atom. The van der Waals surface area contributed by atoms with Gasteiger partial charge in [0.15, 0.2) is 28.2 Å². The first-order valence-electron chi connectivity index (χ1n) is 7.79. The fraction of sp³-hybridized carbons (Fsp3) is 0.538. The van der Waals surface area contributed by atoms with Crippen molar-refractivity contribution in [2.75, 3.05) is 39.5 Å². The van der Waals surface area contributed by atoms with Crippen LogP contribution in [-0.2, 0) is 20.1 Å². The second-order valence-corrected chi connectivity index (χ2v) is 9.75. The lowest BCUT2D eigenvalue weighted by Gasteiger charge is -2.30. The molecule has 0 aliphatic rings. The van der Waals surface area contributed by atoms with Gasteiger partial charge in [-0.2, -0.15) is 0 Å². The Bertz CT molecular complexity index is 1010. The number of sulfonamides is 1. The number of azide groups is 1. The molecule has 0 amide bonds. The zero-order valence-electron chi connectivity index (χ0n) is 15.2. The minimum Gasteiger partial charge on any atom is -0.748 e. The quantitative estimate of drug-likeness (QED) is 0.106. The van der Waals surface area contributed by atoms with E-state index in [1.807, 2.05) is 4.91 Å². The fourth-order valence-corrected chi connectivity index (χ4v) is 3.94. The molecule has 16 heteroatoms. The van der Waals surface area contributed by atoms with Gasteiger partial charge in [0, 0.05) is 17.1 Å². The summed E-state index contributed by atoms with van der Waals surface area (Å²) in [5.74, 6) is -9.47. The van der Waals surface area contributed by atoms with Crippen LogP contribution in [0.3, 0.4) is 0 Å². The second kappa shape index (κ2) is 9.23. The van der Waals surface area contributed by atoms with Gasteiger partial charge in [0.2, 0.25) is 10.0 Å². The highest BCUT2D eigenvalue weighted by molar-refractivity contribution is 7.89. The highest BCUT2D eigenvalue weighted by atomic mass is 32.2. The van der Waals surface area contributed by atoms with Crippen molar-refractivity contribution in [3.05, 3.63) is 33.7 Å². The molecule has 1 rings (SSSR count). The topological polar surface area (TPSA) is 152 Å². The summed E-state index contributed by atoms with van der Waals surface area (Å²) in [6, 6.07) is 0. The molecule has 0 fully saturated rings. The average Bonchev–Trinajstić information content (AvgIpc) is 2.55. The lowest BCUT2D eigenvalue weighted by molar-refractivity contribution is -0.889. The molecule has 0 spiro atoms. The molecule has 0 aliphatic heterocycles. The third kappa shape index (κ3) is 6.80. The maximum atomic E-state index is 14.0. The minimum absolute atomic E-state index is 0.00780. The molecular formula is C13H17F4N5O5S2. The van der Waals surface area contributed by atoms with Crippen LogP contribution in [0.2, 0.25) is 0 Å². The molecule has 0 bridgehead atoms. The van der Waals surface area contributed by atoms with Crippen LogP contribution in [-0.4, -0.2) is 65.4 Å². The summed E-state index contributed by atoms with van der Waals surface area (Å²) in [5, 5.41) is 2.46. The number of halogens is 4. The second-order valence-electron chi connectivity index (χ2n) is 6.52. The van der Waals surface area contributed by atoms with Gasteiger partial charge in [-0.25, -0.2) is 39.1 Å². The number of nitrogens with one attached hydrogen (secondary N) is 1. The van der Waals surface area contributed by atoms with Gasteiger partial charge in [-0.05, 0) is 5.53 Å². The van der Waals surface area contributed by atoms with E-state index in [-0.39, 0.29) is 24.0 Å². The number of nitrogens with zero attached hydrogens (tertiary/aromatic N) is 4. The molecule has 1 aromatic rings. The van der Waals surface area contributed by atoms with E-state index in [0.717, 1.165) is 0 Å². The number of likely N-dealkylation sites (N-methyl/N-ethyl adjacent to an activating group) is 1. The minimum atomic E-state index is -5.04. The van der Waals surface area contributed by atoms with Crippen molar-refractivity contribution in [2.45, 2.75) is 11.3 Å². The molecule has 0 aromatic heterocycles. The third-order valence-electron chi connectivity index (χ3n) is 3.78. The molecule has 0 radical (unpaired) electrons. The number of quaternary nitrogens is 1. The SMILES string of the molecule is C[N+](C)(CCCS(=O)(=O)[O-])CCNS(=O)(=O)c1c(F)c(F)c(N=[N+]=[N-])c(F)c1F. The number of hydrogen-bond acceptors (Lipinski definition) is 6. The maximum Gasteiger partial charge on any atom is 0.246 e. The van der Waals surface area contributed by atoms with E-state index < -0.39 is 66.3 Å². The van der Waals surface area contributed by atoms with Crippen LogP contribution in [0.4, 0.5) is 23.2 Å². The summed E-state index contributed by atoms with van der Waals surface area (Å²) < 4.78 is 113. The molecule has 0 saturated carbocycles. The van der Waals surface area contributed by atoms with E-state index in [4.69, 9.17) is 5.53 Å². The van der Waals surface area contributed by atoms with E-state index in [0.29, 0.717) is 0 Å². The van der Waals surface area contributed by atoms with Crippen molar-refractivity contribution in [3.63, 3.8) is 0 Å². The fourth-order valence-electron chi connectivity index (χ4n) is 2.30. The zero-order chi connectivity index (χ0) is 22.6. The van der Waals surface area contributed by atoms with Crippen molar-refractivity contribution in [2.24, 2.45) is 5.11 Å². The van der Waals surface area contributed by atoms with Crippen molar-refractivity contribution < 1.29 is 43.4 Å². The van der Waals surface area contributed by atoms with Crippen LogP contribution in [0, 0.1) is 23.3 Å². The molecule has 0 heterocycles. The molecule has 1 N–H and O–H groups in total. The number of rotatable bonds is 10. The van der Waals surface area contributed by atoms with Crippen LogP contribution in [0.25, 0.3) is 10.4 Å². The van der Waals surface area contributed by atoms with E-state index in [9.17, 15) is 39.0 Å². The van der Waals surface area contributed by atoms with E-state index in [2.05, 4.69) is 5.11 Å². The zero-order valence-corrected chi connectivity index (χ0v) is 16.8. The number of hydrogen-bond donors (Lipinski definition) is 1. The van der Waals surface area contributed by atoms with Crippen molar-refractivity contribution >= 4 is 25.8 Å². The molecule has 0 unspecified atom stereocenters. The standard InChI is InChI=1S/C13H17F4N5O5S2/c1-22(2,5-3-7-28(23,24)25)6-4-19-29(26,27)13-10(16)8(14)12(20-21-18)9(15)11(13)17/h19H,3-7H2,1-2H3. The molecule has 0 aliphatic carbocycles. The Morgan fingerprint density at radius 1 is 1.03 bits per heavy atom. The average molecular weight is 463 g/mol.